The molecule has 3 rings (SSSR count). The zero-order chi connectivity index (χ0) is 13.1. The number of ether oxygens (including phenoxy) is 1. The lowest BCUT2D eigenvalue weighted by Gasteiger charge is -2.06. The van der Waals surface area contributed by atoms with E-state index >= 15 is 0 Å². The van der Waals surface area contributed by atoms with E-state index in [2.05, 4.69) is 41.4 Å². The zero-order valence-electron chi connectivity index (χ0n) is 10.8. The van der Waals surface area contributed by atoms with E-state index in [4.69, 9.17) is 4.74 Å². The van der Waals surface area contributed by atoms with Crippen LogP contribution < -0.4 is 4.74 Å². The Morgan fingerprint density at radius 2 is 1.74 bits per heavy atom. The summed E-state index contributed by atoms with van der Waals surface area (Å²) in [5, 5.41) is 1.19. The van der Waals surface area contributed by atoms with Gasteiger partial charge in [-0.1, -0.05) is 36.4 Å². The number of benzene rings is 2. The number of aromatic nitrogens is 1. The summed E-state index contributed by atoms with van der Waals surface area (Å²) >= 11 is 0. The fourth-order valence-electron chi connectivity index (χ4n) is 2.27. The van der Waals surface area contributed by atoms with Crippen LogP contribution in [0.1, 0.15) is 11.1 Å². The number of hydrogen-bond acceptors (Lipinski definition) is 2. The highest BCUT2D eigenvalue weighted by Crippen LogP contribution is 2.20. The van der Waals surface area contributed by atoms with E-state index in [0.29, 0.717) is 0 Å². The maximum atomic E-state index is 5.18. The van der Waals surface area contributed by atoms with Crippen molar-refractivity contribution in [3.05, 3.63) is 71.9 Å². The van der Waals surface area contributed by atoms with Crippen LogP contribution in [0.25, 0.3) is 10.9 Å². The summed E-state index contributed by atoms with van der Waals surface area (Å²) in [7, 11) is 1.68. The van der Waals surface area contributed by atoms with E-state index in [9.17, 15) is 0 Å². The molecule has 0 fully saturated rings. The minimum Gasteiger partial charge on any atom is -0.497 e. The summed E-state index contributed by atoms with van der Waals surface area (Å²) < 4.78 is 5.18. The summed E-state index contributed by atoms with van der Waals surface area (Å²) in [5.74, 6) is 0.889. The molecule has 3 aromatic rings. The number of pyridine rings is 1. The highest BCUT2D eigenvalue weighted by Gasteiger charge is 2.03. The molecule has 0 spiro atoms. The minimum atomic E-state index is 0.887. The van der Waals surface area contributed by atoms with Gasteiger partial charge in [0, 0.05) is 11.6 Å². The first-order chi connectivity index (χ1) is 9.36. The van der Waals surface area contributed by atoms with Gasteiger partial charge in [0.15, 0.2) is 0 Å². The SMILES string of the molecule is COc1ccc(Cc2cccc3cccnc23)cc1. The fraction of sp³-hybridized carbons (Fsp3) is 0.118. The molecule has 0 saturated carbocycles. The normalized spacial score (nSPS) is 10.6. The van der Waals surface area contributed by atoms with E-state index in [1.807, 2.05) is 24.4 Å². The Bertz CT molecular complexity index is 684. The van der Waals surface area contributed by atoms with Crippen molar-refractivity contribution in [2.45, 2.75) is 6.42 Å². The van der Waals surface area contributed by atoms with Gasteiger partial charge >= 0.3 is 0 Å². The number of nitrogens with zero attached hydrogens (tertiary/aromatic N) is 1. The summed E-state index contributed by atoms with van der Waals surface area (Å²) in [6, 6.07) is 18.6. The maximum Gasteiger partial charge on any atom is 0.118 e. The molecule has 0 aliphatic heterocycles. The Morgan fingerprint density at radius 3 is 2.53 bits per heavy atom. The van der Waals surface area contributed by atoms with Crippen molar-refractivity contribution in [2.75, 3.05) is 7.11 Å². The molecule has 0 atom stereocenters. The van der Waals surface area contributed by atoms with E-state index in [0.717, 1.165) is 17.7 Å². The van der Waals surface area contributed by atoms with Gasteiger partial charge in [0.25, 0.3) is 0 Å². The third-order valence-corrected chi connectivity index (χ3v) is 3.27. The fourth-order valence-corrected chi connectivity index (χ4v) is 2.27. The summed E-state index contributed by atoms with van der Waals surface area (Å²) in [5.41, 5.74) is 3.60. The van der Waals surface area contributed by atoms with Crippen LogP contribution >= 0.6 is 0 Å². The maximum absolute atomic E-state index is 5.18. The highest BCUT2D eigenvalue weighted by molar-refractivity contribution is 5.81. The number of para-hydroxylation sites is 1. The summed E-state index contributed by atoms with van der Waals surface area (Å²) in [6.07, 6.45) is 2.73. The van der Waals surface area contributed by atoms with Gasteiger partial charge in [-0.25, -0.2) is 0 Å². The predicted octanol–water partition coefficient (Wildman–Crippen LogP) is 3.83. The van der Waals surface area contributed by atoms with Crippen LogP contribution in [-0.2, 0) is 6.42 Å². The van der Waals surface area contributed by atoms with Crippen molar-refractivity contribution in [1.82, 2.24) is 4.98 Å². The second kappa shape index (κ2) is 5.11. The molecule has 0 aliphatic carbocycles. The number of hydrogen-bond donors (Lipinski definition) is 0. The summed E-state index contributed by atoms with van der Waals surface area (Å²) in [4.78, 5) is 4.49. The first-order valence-electron chi connectivity index (χ1n) is 6.32. The molecule has 2 aromatic carbocycles. The van der Waals surface area contributed by atoms with Crippen LogP contribution in [0.15, 0.2) is 60.8 Å². The quantitative estimate of drug-likeness (QED) is 0.703. The van der Waals surface area contributed by atoms with Gasteiger partial charge < -0.3 is 4.74 Å². The molecule has 0 N–H and O–H groups in total. The Morgan fingerprint density at radius 1 is 0.947 bits per heavy atom. The van der Waals surface area contributed by atoms with Crippen molar-refractivity contribution >= 4 is 10.9 Å². The molecule has 0 bridgehead atoms. The lowest BCUT2D eigenvalue weighted by molar-refractivity contribution is 0.414. The molecular formula is C17H15NO. The van der Waals surface area contributed by atoms with Crippen molar-refractivity contribution in [3.63, 3.8) is 0 Å². The molecule has 94 valence electrons. The van der Waals surface area contributed by atoms with Crippen LogP contribution in [0.3, 0.4) is 0 Å². The van der Waals surface area contributed by atoms with Gasteiger partial charge in [-0.2, -0.15) is 0 Å². The first-order valence-corrected chi connectivity index (χ1v) is 6.32. The molecule has 0 aliphatic rings. The van der Waals surface area contributed by atoms with E-state index in [1.165, 1.54) is 16.5 Å². The van der Waals surface area contributed by atoms with Crippen molar-refractivity contribution in [3.8, 4) is 5.75 Å². The number of rotatable bonds is 3. The van der Waals surface area contributed by atoms with Crippen molar-refractivity contribution < 1.29 is 4.74 Å². The topological polar surface area (TPSA) is 22.1 Å². The van der Waals surface area contributed by atoms with Crippen molar-refractivity contribution in [2.24, 2.45) is 0 Å². The molecule has 0 amide bonds. The third-order valence-electron chi connectivity index (χ3n) is 3.27. The van der Waals surface area contributed by atoms with Crippen LogP contribution in [-0.4, -0.2) is 12.1 Å². The van der Waals surface area contributed by atoms with Crippen LogP contribution in [0.5, 0.6) is 5.75 Å². The predicted molar refractivity (Wildman–Crippen MR) is 77.5 cm³/mol. The molecule has 0 unspecified atom stereocenters. The van der Waals surface area contributed by atoms with Crippen LogP contribution in [0.2, 0.25) is 0 Å². The Hall–Kier alpha value is -2.35. The Labute approximate surface area is 112 Å². The Balaban J connectivity index is 1.96. The van der Waals surface area contributed by atoms with Gasteiger partial charge in [0.05, 0.1) is 12.6 Å². The molecule has 0 radical (unpaired) electrons. The number of fused-ring (bicyclic) bond motifs is 1. The van der Waals surface area contributed by atoms with Gasteiger partial charge in [0.2, 0.25) is 0 Å². The standard InChI is InChI=1S/C17H15NO/c1-19-16-9-7-13(8-10-16)12-15-5-2-4-14-6-3-11-18-17(14)15/h2-11H,12H2,1H3. The second-order valence-corrected chi connectivity index (χ2v) is 4.52. The lowest BCUT2D eigenvalue weighted by Crippen LogP contribution is -1.92. The van der Waals surface area contributed by atoms with Gasteiger partial charge in [-0.05, 0) is 35.7 Å². The van der Waals surface area contributed by atoms with E-state index in [1.54, 1.807) is 7.11 Å². The molecule has 0 saturated heterocycles. The third kappa shape index (κ3) is 2.43. The molecule has 2 heteroatoms. The number of methoxy groups -OCH3 is 1. The average molecular weight is 249 g/mol. The van der Waals surface area contributed by atoms with E-state index in [-0.39, 0.29) is 0 Å². The monoisotopic (exact) mass is 249 g/mol. The highest BCUT2D eigenvalue weighted by atomic mass is 16.5. The Kier molecular flexibility index (Phi) is 3.15. The molecule has 2 nitrogen and oxygen atoms in total. The molecule has 1 aromatic heterocycles. The zero-order valence-corrected chi connectivity index (χ0v) is 10.8. The van der Waals surface area contributed by atoms with Crippen LogP contribution in [0.4, 0.5) is 0 Å². The van der Waals surface area contributed by atoms with Crippen LogP contribution in [0, 0.1) is 0 Å². The van der Waals surface area contributed by atoms with Gasteiger partial charge in [-0.3, -0.25) is 4.98 Å². The van der Waals surface area contributed by atoms with E-state index < -0.39 is 0 Å². The average Bonchev–Trinajstić information content (AvgIpc) is 2.48. The molecule has 1 heterocycles. The van der Waals surface area contributed by atoms with Gasteiger partial charge in [-0.15, -0.1) is 0 Å². The largest absolute Gasteiger partial charge is 0.497 e. The molecule has 19 heavy (non-hydrogen) atoms. The summed E-state index contributed by atoms with van der Waals surface area (Å²) in [6.45, 7) is 0. The lowest BCUT2D eigenvalue weighted by atomic mass is 10.0. The first kappa shape index (κ1) is 11.7. The minimum absolute atomic E-state index is 0.887. The molecular weight excluding hydrogens is 234 g/mol. The van der Waals surface area contributed by atoms with Gasteiger partial charge in [0.1, 0.15) is 5.75 Å². The van der Waals surface area contributed by atoms with Crippen molar-refractivity contribution in [1.29, 1.82) is 0 Å². The second-order valence-electron chi connectivity index (χ2n) is 4.52. The smallest absolute Gasteiger partial charge is 0.118 e.